The van der Waals surface area contributed by atoms with Gasteiger partial charge < -0.3 is 9.11 Å². The fourth-order valence-corrected chi connectivity index (χ4v) is 4.48. The predicted octanol–water partition coefficient (Wildman–Crippen LogP) is -4.90. The first-order chi connectivity index (χ1) is 16.3. The predicted molar refractivity (Wildman–Crippen MR) is 122 cm³/mol. The molecule has 1 aromatic heterocycles. The van der Waals surface area contributed by atoms with Crippen molar-refractivity contribution >= 4 is 43.6 Å². The first-order valence-electron chi connectivity index (χ1n) is 9.83. The van der Waals surface area contributed by atoms with Crippen molar-refractivity contribution in [1.29, 1.82) is 0 Å². The molecule has 4 rings (SSSR count). The van der Waals surface area contributed by atoms with Gasteiger partial charge in [0.2, 0.25) is 0 Å². The summed E-state index contributed by atoms with van der Waals surface area (Å²) >= 11 is 0. The molecule has 1 aliphatic heterocycles. The van der Waals surface area contributed by atoms with E-state index in [9.17, 15) is 35.5 Å². The van der Waals surface area contributed by atoms with Gasteiger partial charge in [-0.15, -0.1) is 0 Å². The molecule has 0 atom stereocenters. The van der Waals surface area contributed by atoms with E-state index in [1.165, 1.54) is 37.3 Å². The maximum absolute atomic E-state index is 13.1. The van der Waals surface area contributed by atoms with Gasteiger partial charge in [0, 0.05) is 5.69 Å². The van der Waals surface area contributed by atoms with Gasteiger partial charge in [0.25, 0.3) is 11.5 Å². The maximum Gasteiger partial charge on any atom is 1.00 e. The summed E-state index contributed by atoms with van der Waals surface area (Å²) < 4.78 is 69.0. The summed E-state index contributed by atoms with van der Waals surface area (Å²) in [5.74, 6) is -0.658. The first-order valence-corrected chi connectivity index (χ1v) is 12.6. The SMILES string of the molecule is CC1=NN(c2cccc(S(=O)(=O)[O-])c2)C(=O)C1=Cc1c(C)[nH]n(-c2cccc(S(=O)(=O)[O-])c2)c1=O.[Na+].[Na+]. The van der Waals surface area contributed by atoms with Crippen molar-refractivity contribution in [2.24, 2.45) is 5.10 Å². The number of nitrogens with zero attached hydrogens (tertiary/aromatic N) is 3. The van der Waals surface area contributed by atoms with Gasteiger partial charge in [-0.25, -0.2) is 21.5 Å². The monoisotopic (exact) mass is 562 g/mol. The number of benzene rings is 2. The Morgan fingerprint density at radius 2 is 1.38 bits per heavy atom. The van der Waals surface area contributed by atoms with E-state index in [1.807, 2.05) is 0 Å². The number of hydrazone groups is 1. The molecule has 0 radical (unpaired) electrons. The molecule has 0 spiro atoms. The van der Waals surface area contributed by atoms with Crippen LogP contribution in [0.5, 0.6) is 0 Å². The van der Waals surface area contributed by atoms with Crippen LogP contribution in [0.2, 0.25) is 0 Å². The van der Waals surface area contributed by atoms with E-state index in [-0.39, 0.29) is 87.3 Å². The van der Waals surface area contributed by atoms with E-state index < -0.39 is 41.5 Å². The molecule has 1 amide bonds. The minimum atomic E-state index is -4.75. The Morgan fingerprint density at radius 3 is 1.92 bits per heavy atom. The summed E-state index contributed by atoms with van der Waals surface area (Å²) in [5.41, 5.74) is 0.230. The van der Waals surface area contributed by atoms with Gasteiger partial charge in [0.15, 0.2) is 0 Å². The molecule has 0 aliphatic carbocycles. The van der Waals surface area contributed by atoms with Crippen LogP contribution in [-0.2, 0) is 25.0 Å². The van der Waals surface area contributed by atoms with Gasteiger partial charge in [-0.1, -0.05) is 12.1 Å². The molecule has 0 saturated heterocycles. The zero-order chi connectivity index (χ0) is 25.7. The Kier molecular flexibility index (Phi) is 9.74. The number of hydrogen-bond donors (Lipinski definition) is 1. The summed E-state index contributed by atoms with van der Waals surface area (Å²) in [5, 5.41) is 7.81. The van der Waals surface area contributed by atoms with E-state index in [0.29, 0.717) is 5.69 Å². The first kappa shape index (κ1) is 31.4. The number of hydrogen-bond acceptors (Lipinski definition) is 9. The van der Waals surface area contributed by atoms with E-state index >= 15 is 0 Å². The normalized spacial score (nSPS) is 14.8. The second-order valence-electron chi connectivity index (χ2n) is 7.55. The third-order valence-electron chi connectivity index (χ3n) is 5.18. The van der Waals surface area contributed by atoms with Crippen molar-refractivity contribution in [1.82, 2.24) is 9.78 Å². The van der Waals surface area contributed by atoms with Crippen LogP contribution in [0.3, 0.4) is 0 Å². The summed E-state index contributed by atoms with van der Waals surface area (Å²) in [6.07, 6.45) is 1.30. The van der Waals surface area contributed by atoms with Crippen LogP contribution >= 0.6 is 0 Å². The molecule has 0 bridgehead atoms. The average Bonchev–Trinajstić information content (AvgIpc) is 3.23. The fourth-order valence-electron chi connectivity index (χ4n) is 3.46. The molecular formula is C21H16N4Na2O8S2. The minimum absolute atomic E-state index is 0. The van der Waals surface area contributed by atoms with Crippen molar-refractivity contribution in [3.05, 3.63) is 75.7 Å². The van der Waals surface area contributed by atoms with Crippen LogP contribution in [0.4, 0.5) is 5.69 Å². The molecule has 182 valence electrons. The third-order valence-corrected chi connectivity index (χ3v) is 6.85. The summed E-state index contributed by atoms with van der Waals surface area (Å²) in [6, 6.07) is 9.70. The topological polar surface area (TPSA) is 185 Å². The summed E-state index contributed by atoms with van der Waals surface area (Å²) in [6.45, 7) is 3.08. The second kappa shape index (κ2) is 11.5. The number of aromatic amines is 1. The number of amides is 1. The van der Waals surface area contributed by atoms with E-state index in [0.717, 1.165) is 34.0 Å². The minimum Gasteiger partial charge on any atom is -0.744 e. The van der Waals surface area contributed by atoms with Gasteiger partial charge in [-0.2, -0.15) is 10.1 Å². The standard InChI is InChI=1S/C21H18N4O8S2.2Na/c1-12-18(20(26)24(22-12)14-5-3-7-16(9-14)34(28,29)30)11-19-13(2)23-25(21(19)27)15-6-4-8-17(10-15)35(31,32)33;;/h3-11,22H,1-2H3,(H,28,29,30)(H,31,32,33);;/q;2*+1/p-2. The van der Waals surface area contributed by atoms with Crippen molar-refractivity contribution < 1.29 is 89.9 Å². The molecule has 0 fully saturated rings. The molecule has 1 aliphatic rings. The molecule has 0 unspecified atom stereocenters. The van der Waals surface area contributed by atoms with Crippen LogP contribution in [0.1, 0.15) is 18.2 Å². The Morgan fingerprint density at radius 1 is 0.865 bits per heavy atom. The Hall–Kier alpha value is -1.85. The number of rotatable bonds is 5. The van der Waals surface area contributed by atoms with Gasteiger partial charge in [0.05, 0.1) is 38.0 Å². The number of carbonyl (C=O) groups excluding carboxylic acids is 1. The number of anilines is 1. The van der Waals surface area contributed by atoms with Gasteiger partial charge in [-0.3, -0.25) is 14.7 Å². The second-order valence-corrected chi connectivity index (χ2v) is 10.3. The molecule has 0 saturated carbocycles. The number of aryl methyl sites for hydroxylation is 1. The number of H-pyrrole nitrogens is 1. The quantitative estimate of drug-likeness (QED) is 0.182. The summed E-state index contributed by atoms with van der Waals surface area (Å²) in [4.78, 5) is 25.0. The van der Waals surface area contributed by atoms with Crippen LogP contribution in [0, 0.1) is 6.92 Å². The molecular weight excluding hydrogens is 546 g/mol. The van der Waals surface area contributed by atoms with Gasteiger partial charge in [0.1, 0.15) is 20.2 Å². The van der Waals surface area contributed by atoms with Crippen LogP contribution in [0.15, 0.2) is 73.8 Å². The number of nitrogens with one attached hydrogen (secondary N) is 1. The molecule has 37 heavy (non-hydrogen) atoms. The van der Waals surface area contributed by atoms with Crippen LogP contribution < -0.4 is 69.7 Å². The summed E-state index contributed by atoms with van der Waals surface area (Å²) in [7, 11) is -9.49. The van der Waals surface area contributed by atoms with Crippen molar-refractivity contribution in [3.63, 3.8) is 0 Å². The van der Waals surface area contributed by atoms with E-state index in [4.69, 9.17) is 0 Å². The molecule has 2 heterocycles. The van der Waals surface area contributed by atoms with Crippen molar-refractivity contribution in [2.75, 3.05) is 5.01 Å². The Bertz CT molecular complexity index is 1720. The Balaban J connectivity index is 0.00000241. The Labute approximate surface area is 256 Å². The maximum atomic E-state index is 13.1. The zero-order valence-corrected chi connectivity index (χ0v) is 25.8. The molecule has 2 aromatic carbocycles. The fraction of sp³-hybridized carbons (Fsp3) is 0.0952. The molecule has 16 heteroatoms. The number of carbonyl (C=O) groups is 1. The van der Waals surface area contributed by atoms with E-state index in [2.05, 4.69) is 10.2 Å². The molecule has 3 aromatic rings. The number of aromatic nitrogens is 2. The van der Waals surface area contributed by atoms with Crippen LogP contribution in [0.25, 0.3) is 11.8 Å². The zero-order valence-electron chi connectivity index (χ0n) is 20.1. The smallest absolute Gasteiger partial charge is 0.744 e. The molecule has 12 nitrogen and oxygen atoms in total. The van der Waals surface area contributed by atoms with Gasteiger partial charge >= 0.3 is 59.1 Å². The van der Waals surface area contributed by atoms with Crippen molar-refractivity contribution in [2.45, 2.75) is 23.6 Å². The van der Waals surface area contributed by atoms with Crippen molar-refractivity contribution in [3.8, 4) is 5.69 Å². The van der Waals surface area contributed by atoms with Crippen LogP contribution in [-0.4, -0.2) is 47.3 Å². The molecule has 1 N–H and O–H groups in total. The van der Waals surface area contributed by atoms with Gasteiger partial charge in [-0.05, 0) is 56.3 Å². The van der Waals surface area contributed by atoms with E-state index in [1.54, 1.807) is 6.92 Å². The average molecular weight is 562 g/mol. The largest absolute Gasteiger partial charge is 1.00 e. The third kappa shape index (κ3) is 6.42.